The molecule has 4 heteroatoms. The van der Waals surface area contributed by atoms with Crippen molar-refractivity contribution in [2.45, 2.75) is 39.0 Å². The van der Waals surface area contributed by atoms with Crippen LogP contribution in [0.15, 0.2) is 30.3 Å². The van der Waals surface area contributed by atoms with Gasteiger partial charge in [-0.3, -0.25) is 4.79 Å². The van der Waals surface area contributed by atoms with E-state index in [1.807, 2.05) is 23.1 Å². The average molecular weight is 276 g/mol. The van der Waals surface area contributed by atoms with E-state index >= 15 is 0 Å². The summed E-state index contributed by atoms with van der Waals surface area (Å²) in [5.41, 5.74) is 1.16. The highest BCUT2D eigenvalue weighted by molar-refractivity contribution is 5.81. The van der Waals surface area contributed by atoms with Gasteiger partial charge in [0.05, 0.1) is 6.61 Å². The van der Waals surface area contributed by atoms with Gasteiger partial charge < -0.3 is 15.0 Å². The van der Waals surface area contributed by atoms with E-state index in [1.165, 1.54) is 0 Å². The van der Waals surface area contributed by atoms with Crippen LogP contribution in [0.25, 0.3) is 0 Å². The first-order valence-corrected chi connectivity index (χ1v) is 7.39. The summed E-state index contributed by atoms with van der Waals surface area (Å²) in [5.74, 6) is 0.0930. The Morgan fingerprint density at radius 2 is 2.20 bits per heavy atom. The molecule has 0 aliphatic carbocycles. The third kappa shape index (κ3) is 3.81. The SMILES string of the molecule is CCC(C)N(Cc1ccccc1)C(=O)C1CNCCO1. The van der Waals surface area contributed by atoms with Gasteiger partial charge in [0.15, 0.2) is 0 Å². The first-order valence-electron chi connectivity index (χ1n) is 7.39. The molecule has 1 heterocycles. The zero-order chi connectivity index (χ0) is 14.4. The van der Waals surface area contributed by atoms with Crippen LogP contribution in [0.5, 0.6) is 0 Å². The molecule has 0 spiro atoms. The average Bonchev–Trinajstić information content (AvgIpc) is 2.53. The number of ether oxygens (including phenoxy) is 1. The molecule has 1 saturated heterocycles. The van der Waals surface area contributed by atoms with E-state index in [0.29, 0.717) is 19.7 Å². The lowest BCUT2D eigenvalue weighted by Gasteiger charge is -2.33. The fraction of sp³-hybridized carbons (Fsp3) is 0.562. The van der Waals surface area contributed by atoms with E-state index in [-0.39, 0.29) is 18.1 Å². The Hall–Kier alpha value is -1.39. The number of carbonyl (C=O) groups is 1. The van der Waals surface area contributed by atoms with Crippen molar-refractivity contribution in [2.24, 2.45) is 0 Å². The number of hydrogen-bond donors (Lipinski definition) is 1. The van der Waals surface area contributed by atoms with E-state index in [4.69, 9.17) is 4.74 Å². The summed E-state index contributed by atoms with van der Waals surface area (Å²) in [5, 5.41) is 3.22. The van der Waals surface area contributed by atoms with Crippen LogP contribution in [-0.4, -0.2) is 42.6 Å². The van der Waals surface area contributed by atoms with Crippen LogP contribution < -0.4 is 5.32 Å². The highest BCUT2D eigenvalue weighted by atomic mass is 16.5. The standard InChI is InChI=1S/C16H24N2O2/c1-3-13(2)18(12-14-7-5-4-6-8-14)16(19)15-11-17-9-10-20-15/h4-8,13,15,17H,3,9-12H2,1-2H3. The van der Waals surface area contributed by atoms with Gasteiger partial charge in [0.2, 0.25) is 0 Å². The highest BCUT2D eigenvalue weighted by Crippen LogP contribution is 2.14. The minimum Gasteiger partial charge on any atom is -0.366 e. The number of hydrogen-bond acceptors (Lipinski definition) is 3. The topological polar surface area (TPSA) is 41.6 Å². The molecule has 1 aromatic rings. The van der Waals surface area contributed by atoms with Crippen molar-refractivity contribution < 1.29 is 9.53 Å². The molecule has 1 N–H and O–H groups in total. The van der Waals surface area contributed by atoms with E-state index in [1.54, 1.807) is 0 Å². The van der Waals surface area contributed by atoms with E-state index < -0.39 is 0 Å². The summed E-state index contributed by atoms with van der Waals surface area (Å²) in [6, 6.07) is 10.3. The number of morpholine rings is 1. The highest BCUT2D eigenvalue weighted by Gasteiger charge is 2.29. The minimum atomic E-state index is -0.346. The van der Waals surface area contributed by atoms with Crippen molar-refractivity contribution in [3.05, 3.63) is 35.9 Å². The number of nitrogens with one attached hydrogen (secondary N) is 1. The summed E-state index contributed by atoms with van der Waals surface area (Å²) in [6.07, 6.45) is 0.597. The zero-order valence-corrected chi connectivity index (χ0v) is 12.3. The third-order valence-corrected chi connectivity index (χ3v) is 3.80. The van der Waals surface area contributed by atoms with Gasteiger partial charge in [-0.15, -0.1) is 0 Å². The van der Waals surface area contributed by atoms with Crippen molar-refractivity contribution in [2.75, 3.05) is 19.7 Å². The fourth-order valence-electron chi connectivity index (χ4n) is 2.36. The van der Waals surface area contributed by atoms with Crippen LogP contribution in [0.1, 0.15) is 25.8 Å². The number of benzene rings is 1. The van der Waals surface area contributed by atoms with Gasteiger partial charge in [-0.25, -0.2) is 0 Å². The van der Waals surface area contributed by atoms with Crippen LogP contribution in [0, 0.1) is 0 Å². The van der Waals surface area contributed by atoms with E-state index in [9.17, 15) is 4.79 Å². The van der Waals surface area contributed by atoms with Gasteiger partial charge >= 0.3 is 0 Å². The lowest BCUT2D eigenvalue weighted by molar-refractivity contribution is -0.148. The molecule has 0 aromatic heterocycles. The molecule has 2 unspecified atom stereocenters. The predicted molar refractivity (Wildman–Crippen MR) is 79.4 cm³/mol. The van der Waals surface area contributed by atoms with Crippen molar-refractivity contribution in [3.63, 3.8) is 0 Å². The molecule has 0 saturated carbocycles. The number of carbonyl (C=O) groups excluding carboxylic acids is 1. The smallest absolute Gasteiger partial charge is 0.253 e. The number of rotatable bonds is 5. The van der Waals surface area contributed by atoms with Gasteiger partial charge in [-0.2, -0.15) is 0 Å². The van der Waals surface area contributed by atoms with Crippen LogP contribution in [0.4, 0.5) is 0 Å². The molecule has 1 aromatic carbocycles. The van der Waals surface area contributed by atoms with Crippen LogP contribution in [0.2, 0.25) is 0 Å². The summed E-state index contributed by atoms with van der Waals surface area (Å²) >= 11 is 0. The monoisotopic (exact) mass is 276 g/mol. The van der Waals surface area contributed by atoms with Gasteiger partial charge in [-0.1, -0.05) is 37.3 Å². The Balaban J connectivity index is 2.08. The Kier molecular flexibility index (Phi) is 5.56. The minimum absolute atomic E-state index is 0.0930. The van der Waals surface area contributed by atoms with Crippen LogP contribution in [0.3, 0.4) is 0 Å². The van der Waals surface area contributed by atoms with Gasteiger partial charge in [0, 0.05) is 25.7 Å². The number of nitrogens with zero attached hydrogens (tertiary/aromatic N) is 1. The second-order valence-corrected chi connectivity index (χ2v) is 5.27. The normalized spacial score (nSPS) is 20.4. The summed E-state index contributed by atoms with van der Waals surface area (Å²) < 4.78 is 5.60. The molecule has 0 bridgehead atoms. The largest absolute Gasteiger partial charge is 0.366 e. The summed E-state index contributed by atoms with van der Waals surface area (Å²) in [6.45, 7) is 6.89. The Morgan fingerprint density at radius 1 is 1.45 bits per heavy atom. The molecule has 110 valence electrons. The first-order chi connectivity index (χ1) is 9.72. The maximum atomic E-state index is 12.7. The summed E-state index contributed by atoms with van der Waals surface area (Å²) in [4.78, 5) is 14.6. The van der Waals surface area contributed by atoms with Gasteiger partial charge in [-0.05, 0) is 18.9 Å². The van der Waals surface area contributed by atoms with Gasteiger partial charge in [0.25, 0.3) is 5.91 Å². The molecular formula is C16H24N2O2. The molecule has 1 aliphatic rings. The van der Waals surface area contributed by atoms with Crippen molar-refractivity contribution in [1.29, 1.82) is 0 Å². The molecule has 2 atom stereocenters. The van der Waals surface area contributed by atoms with E-state index in [0.717, 1.165) is 18.5 Å². The van der Waals surface area contributed by atoms with E-state index in [2.05, 4.69) is 31.3 Å². The van der Waals surface area contributed by atoms with Crippen molar-refractivity contribution >= 4 is 5.91 Å². The number of amides is 1. The molecule has 4 nitrogen and oxygen atoms in total. The molecule has 1 amide bonds. The second-order valence-electron chi connectivity index (χ2n) is 5.27. The Bertz CT molecular complexity index is 416. The maximum absolute atomic E-state index is 12.7. The zero-order valence-electron chi connectivity index (χ0n) is 12.3. The van der Waals surface area contributed by atoms with Crippen LogP contribution in [-0.2, 0) is 16.1 Å². The van der Waals surface area contributed by atoms with Gasteiger partial charge in [0.1, 0.15) is 6.10 Å². The predicted octanol–water partition coefficient (Wildman–Crippen LogP) is 1.80. The molecule has 1 fully saturated rings. The molecule has 1 aliphatic heterocycles. The quantitative estimate of drug-likeness (QED) is 0.891. The lowest BCUT2D eigenvalue weighted by Crippen LogP contribution is -2.51. The van der Waals surface area contributed by atoms with Crippen molar-refractivity contribution in [1.82, 2.24) is 10.2 Å². The third-order valence-electron chi connectivity index (χ3n) is 3.80. The molecule has 20 heavy (non-hydrogen) atoms. The van der Waals surface area contributed by atoms with Crippen molar-refractivity contribution in [3.8, 4) is 0 Å². The fourth-order valence-corrected chi connectivity index (χ4v) is 2.36. The second kappa shape index (κ2) is 7.41. The molecule has 2 rings (SSSR count). The molecular weight excluding hydrogens is 252 g/mol. The first kappa shape index (κ1) is 15.0. The molecule has 0 radical (unpaired) electrons. The van der Waals surface area contributed by atoms with Crippen LogP contribution >= 0.6 is 0 Å². The lowest BCUT2D eigenvalue weighted by atomic mass is 10.1. The Morgan fingerprint density at radius 3 is 2.80 bits per heavy atom. The maximum Gasteiger partial charge on any atom is 0.253 e. The Labute approximate surface area is 121 Å². The summed E-state index contributed by atoms with van der Waals surface area (Å²) in [7, 11) is 0.